The van der Waals surface area contributed by atoms with Gasteiger partial charge in [-0.2, -0.15) is 0 Å². The Morgan fingerprint density at radius 3 is 2.36 bits per heavy atom. The summed E-state index contributed by atoms with van der Waals surface area (Å²) >= 11 is 0. The number of methoxy groups -OCH3 is 3. The number of aliphatic imine (C=N–C) groups is 1. The number of ether oxygens (including phenoxy) is 3. The predicted octanol–water partition coefficient (Wildman–Crippen LogP) is 2.38. The number of ketones is 1. The Morgan fingerprint density at radius 1 is 1.07 bits per heavy atom. The average molecular weight is 385 g/mol. The minimum absolute atomic E-state index is 0.134. The molecule has 1 aromatic carbocycles. The quantitative estimate of drug-likeness (QED) is 0.796. The molecule has 2 aromatic rings. The maximum Gasteiger partial charge on any atom is 0.269 e. The van der Waals surface area contributed by atoms with E-state index in [2.05, 4.69) is 34.4 Å². The highest BCUT2D eigenvalue weighted by atomic mass is 16.5. The molecular formula is C19H23N5O4. The Kier molecular flexibility index (Phi) is 4.32. The molecule has 9 nitrogen and oxygen atoms in total. The van der Waals surface area contributed by atoms with E-state index in [-0.39, 0.29) is 11.2 Å². The monoisotopic (exact) mass is 385 g/mol. The molecule has 1 aromatic heterocycles. The minimum Gasteiger partial charge on any atom is -0.493 e. The highest BCUT2D eigenvalue weighted by molar-refractivity contribution is 6.09. The van der Waals surface area contributed by atoms with Gasteiger partial charge in [-0.05, 0) is 40.0 Å². The molecule has 4 rings (SSSR count). The summed E-state index contributed by atoms with van der Waals surface area (Å²) in [5, 5.41) is 11.9. The molecule has 1 fully saturated rings. The van der Waals surface area contributed by atoms with Gasteiger partial charge in [0.25, 0.3) is 5.95 Å². The van der Waals surface area contributed by atoms with E-state index in [4.69, 9.17) is 14.2 Å². The second kappa shape index (κ2) is 6.57. The third kappa shape index (κ3) is 2.81. The lowest BCUT2D eigenvalue weighted by molar-refractivity contribution is -0.124. The lowest BCUT2D eigenvalue weighted by Gasteiger charge is -2.39. The van der Waals surface area contributed by atoms with Crippen molar-refractivity contribution < 1.29 is 19.0 Å². The Balaban J connectivity index is 1.90. The fraction of sp³-hybridized carbons (Fsp3) is 0.526. The summed E-state index contributed by atoms with van der Waals surface area (Å²) in [6, 6.07) is 3.26. The summed E-state index contributed by atoms with van der Waals surface area (Å²) in [6.07, 6.45) is 1.20. The normalized spacial score (nSPS) is 22.8. The lowest BCUT2D eigenvalue weighted by atomic mass is 9.67. The number of carbonyl (C=O) groups excluding carboxylic acids is 1. The summed E-state index contributed by atoms with van der Waals surface area (Å²) < 4.78 is 18.0. The lowest BCUT2D eigenvalue weighted by Crippen LogP contribution is -2.44. The molecule has 2 atom stereocenters. The first-order valence-corrected chi connectivity index (χ1v) is 9.06. The van der Waals surface area contributed by atoms with Crippen LogP contribution in [0.1, 0.15) is 38.3 Å². The summed E-state index contributed by atoms with van der Waals surface area (Å²) in [5.74, 6) is 1.63. The van der Waals surface area contributed by atoms with Crippen LogP contribution >= 0.6 is 0 Å². The van der Waals surface area contributed by atoms with Crippen molar-refractivity contribution in [2.75, 3.05) is 21.3 Å². The van der Waals surface area contributed by atoms with Gasteiger partial charge in [0.15, 0.2) is 11.5 Å². The molecule has 2 aliphatic rings. The van der Waals surface area contributed by atoms with Gasteiger partial charge >= 0.3 is 0 Å². The summed E-state index contributed by atoms with van der Waals surface area (Å²) in [7, 11) is 4.68. The fourth-order valence-electron chi connectivity index (χ4n) is 4.22. The summed E-state index contributed by atoms with van der Waals surface area (Å²) in [4.78, 5) is 17.7. The summed E-state index contributed by atoms with van der Waals surface area (Å²) in [5.41, 5.74) is 1.48. The zero-order valence-electron chi connectivity index (χ0n) is 16.6. The van der Waals surface area contributed by atoms with Gasteiger partial charge in [-0.3, -0.25) is 4.79 Å². The van der Waals surface area contributed by atoms with Crippen LogP contribution in [-0.4, -0.2) is 53.0 Å². The number of hydrogen-bond acceptors (Lipinski definition) is 8. The van der Waals surface area contributed by atoms with Gasteiger partial charge in [-0.15, -0.1) is 0 Å². The van der Waals surface area contributed by atoms with Gasteiger partial charge in [0.1, 0.15) is 5.78 Å². The SMILES string of the molecule is COc1cc(C2C3C(=O)CC(C)(C)CC3=Nc3nnnn32)cc(OC)c1OC. The number of aromatic nitrogens is 4. The maximum atomic E-state index is 13.1. The van der Waals surface area contributed by atoms with Crippen LogP contribution in [-0.2, 0) is 4.79 Å². The molecule has 0 radical (unpaired) electrons. The second-order valence-electron chi connectivity index (χ2n) is 7.89. The molecule has 1 aliphatic carbocycles. The number of carbonyl (C=O) groups is 1. The molecule has 0 bridgehead atoms. The average Bonchev–Trinajstić information content (AvgIpc) is 3.12. The predicted molar refractivity (Wildman–Crippen MR) is 101 cm³/mol. The Bertz CT molecular complexity index is 940. The first-order chi connectivity index (χ1) is 13.4. The third-order valence-corrected chi connectivity index (χ3v) is 5.35. The number of benzene rings is 1. The zero-order chi connectivity index (χ0) is 20.1. The molecule has 1 saturated carbocycles. The molecule has 0 amide bonds. The third-order valence-electron chi connectivity index (χ3n) is 5.35. The first kappa shape index (κ1) is 18.4. The maximum absolute atomic E-state index is 13.1. The van der Waals surface area contributed by atoms with Crippen LogP contribution in [0.5, 0.6) is 17.2 Å². The van der Waals surface area contributed by atoms with Crippen LogP contribution in [0.25, 0.3) is 0 Å². The number of rotatable bonds is 4. The van der Waals surface area contributed by atoms with E-state index in [1.807, 2.05) is 12.1 Å². The first-order valence-electron chi connectivity index (χ1n) is 9.06. The van der Waals surface area contributed by atoms with E-state index >= 15 is 0 Å². The highest BCUT2D eigenvalue weighted by Gasteiger charge is 2.47. The van der Waals surface area contributed by atoms with Crippen LogP contribution < -0.4 is 14.2 Å². The zero-order valence-corrected chi connectivity index (χ0v) is 16.6. The molecule has 0 N–H and O–H groups in total. The molecular weight excluding hydrogens is 362 g/mol. The Morgan fingerprint density at radius 2 is 1.75 bits per heavy atom. The molecule has 2 heterocycles. The van der Waals surface area contributed by atoms with Crippen molar-refractivity contribution in [3.05, 3.63) is 17.7 Å². The van der Waals surface area contributed by atoms with Crippen LogP contribution in [0.15, 0.2) is 17.1 Å². The van der Waals surface area contributed by atoms with E-state index in [1.54, 1.807) is 26.0 Å². The van der Waals surface area contributed by atoms with Crippen molar-refractivity contribution in [3.8, 4) is 17.2 Å². The fourth-order valence-corrected chi connectivity index (χ4v) is 4.22. The van der Waals surface area contributed by atoms with Gasteiger partial charge in [0.05, 0.1) is 33.3 Å². The molecule has 9 heteroatoms. The van der Waals surface area contributed by atoms with E-state index in [0.717, 1.165) is 17.7 Å². The number of hydrogen-bond donors (Lipinski definition) is 0. The number of Topliss-reactive ketones (excluding diaryl/α,β-unsaturated/α-hetero) is 1. The van der Waals surface area contributed by atoms with E-state index < -0.39 is 12.0 Å². The summed E-state index contributed by atoms with van der Waals surface area (Å²) in [6.45, 7) is 4.16. The second-order valence-corrected chi connectivity index (χ2v) is 7.89. The van der Waals surface area contributed by atoms with Gasteiger partial charge in [0, 0.05) is 12.1 Å². The van der Waals surface area contributed by atoms with Crippen LogP contribution in [0, 0.1) is 11.3 Å². The standard InChI is InChI=1S/C19H23N5O4/c1-19(2)8-11-15(12(25)9-19)16(24-18(20-11)21-22-23-24)10-6-13(26-3)17(28-5)14(7-10)27-4/h6-7,15-16H,8-9H2,1-5H3. The Labute approximate surface area is 162 Å². The van der Waals surface area contributed by atoms with Crippen LogP contribution in [0.4, 0.5) is 5.95 Å². The molecule has 148 valence electrons. The molecule has 2 unspecified atom stereocenters. The molecule has 0 saturated heterocycles. The molecule has 28 heavy (non-hydrogen) atoms. The van der Waals surface area contributed by atoms with Crippen molar-refractivity contribution in [1.82, 2.24) is 20.2 Å². The van der Waals surface area contributed by atoms with Crippen molar-refractivity contribution in [2.45, 2.75) is 32.7 Å². The smallest absolute Gasteiger partial charge is 0.269 e. The highest BCUT2D eigenvalue weighted by Crippen LogP contribution is 2.47. The van der Waals surface area contributed by atoms with Crippen molar-refractivity contribution in [2.24, 2.45) is 16.3 Å². The topological polar surface area (TPSA) is 101 Å². The van der Waals surface area contributed by atoms with Gasteiger partial charge in [-0.25, -0.2) is 9.67 Å². The Hall–Kier alpha value is -2.97. The van der Waals surface area contributed by atoms with Gasteiger partial charge in [-0.1, -0.05) is 18.9 Å². The van der Waals surface area contributed by atoms with E-state index in [9.17, 15) is 4.79 Å². The van der Waals surface area contributed by atoms with Crippen molar-refractivity contribution in [3.63, 3.8) is 0 Å². The molecule has 1 aliphatic heterocycles. The number of fused-ring (bicyclic) bond motifs is 2. The van der Waals surface area contributed by atoms with Gasteiger partial charge < -0.3 is 14.2 Å². The number of nitrogens with zero attached hydrogens (tertiary/aromatic N) is 5. The van der Waals surface area contributed by atoms with Crippen LogP contribution in [0.2, 0.25) is 0 Å². The molecule has 0 spiro atoms. The largest absolute Gasteiger partial charge is 0.493 e. The van der Waals surface area contributed by atoms with Gasteiger partial charge in [0.2, 0.25) is 5.75 Å². The van der Waals surface area contributed by atoms with Crippen molar-refractivity contribution in [1.29, 1.82) is 0 Å². The van der Waals surface area contributed by atoms with E-state index in [0.29, 0.717) is 29.6 Å². The van der Waals surface area contributed by atoms with Crippen molar-refractivity contribution >= 4 is 17.4 Å². The van der Waals surface area contributed by atoms with Crippen LogP contribution in [0.3, 0.4) is 0 Å². The van der Waals surface area contributed by atoms with E-state index in [1.165, 1.54) is 0 Å². The minimum atomic E-state index is -0.424. The number of tetrazole rings is 1.